The molecule has 162 valence electrons. The van der Waals surface area contributed by atoms with Gasteiger partial charge in [-0.05, 0) is 29.7 Å². The molecule has 0 fully saturated rings. The maximum absolute atomic E-state index is 12.8. The van der Waals surface area contributed by atoms with E-state index < -0.39 is 5.97 Å². The first-order valence-corrected chi connectivity index (χ1v) is 10.3. The zero-order chi connectivity index (χ0) is 22.6. The van der Waals surface area contributed by atoms with Crippen molar-refractivity contribution in [1.82, 2.24) is 4.90 Å². The van der Waals surface area contributed by atoms with Crippen LogP contribution < -0.4 is 4.74 Å². The Bertz CT molecular complexity index is 1060. The Morgan fingerprint density at radius 2 is 1.44 bits per heavy atom. The highest BCUT2D eigenvalue weighted by atomic mass is 16.6. The van der Waals surface area contributed by atoms with Crippen molar-refractivity contribution < 1.29 is 19.1 Å². The van der Waals surface area contributed by atoms with Crippen LogP contribution in [-0.2, 0) is 27.3 Å². The van der Waals surface area contributed by atoms with Gasteiger partial charge in [-0.25, -0.2) is 4.79 Å². The van der Waals surface area contributed by atoms with Gasteiger partial charge >= 0.3 is 5.97 Å². The minimum atomic E-state index is -0.672. The number of rotatable bonds is 10. The Kier molecular flexibility index (Phi) is 8.41. The van der Waals surface area contributed by atoms with Gasteiger partial charge in [0.1, 0.15) is 11.8 Å². The van der Waals surface area contributed by atoms with Gasteiger partial charge < -0.3 is 14.4 Å². The quantitative estimate of drug-likeness (QED) is 0.460. The molecule has 0 atom stereocenters. The molecule has 0 aliphatic heterocycles. The van der Waals surface area contributed by atoms with Crippen LogP contribution >= 0.6 is 0 Å². The van der Waals surface area contributed by atoms with Crippen LogP contribution in [0.15, 0.2) is 84.9 Å². The second kappa shape index (κ2) is 11.9. The molecule has 0 aliphatic carbocycles. The molecule has 0 radical (unpaired) electrons. The molecule has 0 saturated carbocycles. The lowest BCUT2D eigenvalue weighted by Gasteiger charge is -2.23. The van der Waals surface area contributed by atoms with E-state index in [0.29, 0.717) is 30.8 Å². The largest absolute Gasteiger partial charge is 0.481 e. The summed E-state index contributed by atoms with van der Waals surface area (Å²) in [5, 5.41) is 9.08. The minimum Gasteiger partial charge on any atom is -0.481 e. The third-order valence-corrected chi connectivity index (χ3v) is 4.79. The summed E-state index contributed by atoms with van der Waals surface area (Å²) in [5.74, 6) is -0.656. The highest BCUT2D eigenvalue weighted by Gasteiger charge is 2.17. The molecule has 6 nitrogen and oxygen atoms in total. The van der Waals surface area contributed by atoms with Crippen LogP contribution in [0.5, 0.6) is 5.75 Å². The Labute approximate surface area is 187 Å². The number of benzene rings is 3. The summed E-state index contributed by atoms with van der Waals surface area (Å²) in [6.07, 6.45) is 0.696. The molecule has 0 N–H and O–H groups in total. The molecule has 3 rings (SSSR count). The van der Waals surface area contributed by atoms with Gasteiger partial charge in [-0.3, -0.25) is 4.79 Å². The zero-order valence-electron chi connectivity index (χ0n) is 17.6. The fourth-order valence-electron chi connectivity index (χ4n) is 3.10. The molecular weight excluding hydrogens is 404 g/mol. The Hall–Kier alpha value is -4.11. The average molecular weight is 428 g/mol. The predicted molar refractivity (Wildman–Crippen MR) is 120 cm³/mol. The number of para-hydroxylation sites is 1. The number of amides is 1. The van der Waals surface area contributed by atoms with E-state index in [1.54, 1.807) is 29.2 Å². The monoisotopic (exact) mass is 428 g/mol. The third-order valence-electron chi connectivity index (χ3n) is 4.79. The van der Waals surface area contributed by atoms with Crippen LogP contribution in [0.4, 0.5) is 0 Å². The minimum absolute atomic E-state index is 0.282. The Morgan fingerprint density at radius 3 is 2.12 bits per heavy atom. The summed E-state index contributed by atoms with van der Waals surface area (Å²) >= 11 is 0. The van der Waals surface area contributed by atoms with Crippen molar-refractivity contribution in [3.05, 3.63) is 102 Å². The third kappa shape index (κ3) is 6.99. The van der Waals surface area contributed by atoms with Crippen molar-refractivity contribution >= 4 is 11.9 Å². The summed E-state index contributed by atoms with van der Waals surface area (Å²) in [6, 6.07) is 28.2. The van der Waals surface area contributed by atoms with Gasteiger partial charge in [0.2, 0.25) is 0 Å². The number of esters is 1. The van der Waals surface area contributed by atoms with Crippen LogP contribution in [0.25, 0.3) is 0 Å². The molecule has 0 aliphatic rings. The zero-order valence-corrected chi connectivity index (χ0v) is 17.6. The van der Waals surface area contributed by atoms with Gasteiger partial charge in [0, 0.05) is 13.1 Å². The molecule has 0 aromatic heterocycles. The fraction of sp³-hybridized carbons (Fsp3) is 0.192. The van der Waals surface area contributed by atoms with Gasteiger partial charge in [-0.1, -0.05) is 72.8 Å². The van der Waals surface area contributed by atoms with Crippen LogP contribution in [0, 0.1) is 11.3 Å². The van der Waals surface area contributed by atoms with E-state index in [1.165, 1.54) is 0 Å². The number of carbonyl (C=O) groups excluding carboxylic acids is 2. The lowest BCUT2D eigenvalue weighted by molar-refractivity contribution is -0.153. The number of nitriles is 1. The second-order valence-corrected chi connectivity index (χ2v) is 7.09. The molecule has 0 heterocycles. The average Bonchev–Trinajstić information content (AvgIpc) is 2.85. The van der Waals surface area contributed by atoms with Crippen molar-refractivity contribution in [2.75, 3.05) is 19.8 Å². The molecular formula is C26H24N2O4. The summed E-state index contributed by atoms with van der Waals surface area (Å²) in [7, 11) is 0. The maximum atomic E-state index is 12.8. The summed E-state index contributed by atoms with van der Waals surface area (Å²) < 4.78 is 10.5. The van der Waals surface area contributed by atoms with E-state index in [2.05, 4.69) is 0 Å². The molecule has 3 aromatic carbocycles. The molecule has 0 spiro atoms. The van der Waals surface area contributed by atoms with Gasteiger partial charge in [0.05, 0.1) is 5.56 Å². The first-order valence-electron chi connectivity index (χ1n) is 10.3. The van der Waals surface area contributed by atoms with Gasteiger partial charge in [0.15, 0.2) is 13.2 Å². The lowest BCUT2D eigenvalue weighted by Crippen LogP contribution is -2.36. The van der Waals surface area contributed by atoms with E-state index in [4.69, 9.17) is 14.7 Å². The standard InChI is InChI=1S/C26H24N2O4/c27-17-23-13-7-8-14-24(23)31-20-26(30)32-19-25(29)28(18-22-11-5-2-6-12-22)16-15-21-9-3-1-4-10-21/h1-14H,15-16,18-20H2. The van der Waals surface area contributed by atoms with Crippen molar-refractivity contribution in [3.8, 4) is 11.8 Å². The summed E-state index contributed by atoms with van der Waals surface area (Å²) in [6.45, 7) is 0.176. The topological polar surface area (TPSA) is 79.6 Å². The van der Waals surface area contributed by atoms with E-state index >= 15 is 0 Å². The van der Waals surface area contributed by atoms with Crippen molar-refractivity contribution in [2.24, 2.45) is 0 Å². The molecule has 0 bridgehead atoms. The molecule has 6 heteroatoms. The normalized spacial score (nSPS) is 10.1. The molecule has 1 amide bonds. The van der Waals surface area contributed by atoms with Crippen LogP contribution in [0.1, 0.15) is 16.7 Å². The number of hydrogen-bond donors (Lipinski definition) is 0. The number of carbonyl (C=O) groups is 2. The highest BCUT2D eigenvalue weighted by Crippen LogP contribution is 2.16. The van der Waals surface area contributed by atoms with Crippen LogP contribution in [0.2, 0.25) is 0 Å². The predicted octanol–water partition coefficient (Wildman–Crippen LogP) is 3.75. The van der Waals surface area contributed by atoms with Gasteiger partial charge in [-0.15, -0.1) is 0 Å². The van der Waals surface area contributed by atoms with Gasteiger partial charge in [0.25, 0.3) is 5.91 Å². The Morgan fingerprint density at radius 1 is 0.812 bits per heavy atom. The smallest absolute Gasteiger partial charge is 0.344 e. The van der Waals surface area contributed by atoms with E-state index in [9.17, 15) is 9.59 Å². The van der Waals surface area contributed by atoms with E-state index in [-0.39, 0.29) is 19.1 Å². The fourth-order valence-corrected chi connectivity index (χ4v) is 3.10. The SMILES string of the molecule is N#Cc1ccccc1OCC(=O)OCC(=O)N(CCc1ccccc1)Cc1ccccc1. The highest BCUT2D eigenvalue weighted by molar-refractivity contribution is 5.81. The molecule has 0 saturated heterocycles. The maximum Gasteiger partial charge on any atom is 0.344 e. The summed E-state index contributed by atoms with van der Waals surface area (Å²) in [5.41, 5.74) is 2.45. The van der Waals surface area contributed by atoms with Gasteiger partial charge in [-0.2, -0.15) is 5.26 Å². The Balaban J connectivity index is 1.55. The van der Waals surface area contributed by atoms with E-state index in [1.807, 2.05) is 66.7 Å². The molecule has 0 unspecified atom stereocenters. The lowest BCUT2D eigenvalue weighted by atomic mass is 10.1. The van der Waals surface area contributed by atoms with Crippen molar-refractivity contribution in [2.45, 2.75) is 13.0 Å². The summed E-state index contributed by atoms with van der Waals surface area (Å²) in [4.78, 5) is 26.6. The molecule has 3 aromatic rings. The number of nitrogens with zero attached hydrogens (tertiary/aromatic N) is 2. The second-order valence-electron chi connectivity index (χ2n) is 7.09. The van der Waals surface area contributed by atoms with Crippen molar-refractivity contribution in [1.29, 1.82) is 5.26 Å². The number of ether oxygens (including phenoxy) is 2. The number of hydrogen-bond acceptors (Lipinski definition) is 5. The molecule has 32 heavy (non-hydrogen) atoms. The van der Waals surface area contributed by atoms with Crippen LogP contribution in [0.3, 0.4) is 0 Å². The van der Waals surface area contributed by atoms with Crippen LogP contribution in [-0.4, -0.2) is 36.5 Å². The van der Waals surface area contributed by atoms with E-state index in [0.717, 1.165) is 11.1 Å². The first kappa shape index (κ1) is 22.6. The van der Waals surface area contributed by atoms with Crippen molar-refractivity contribution in [3.63, 3.8) is 0 Å². The first-order chi connectivity index (χ1) is 15.7.